The van der Waals surface area contributed by atoms with Gasteiger partial charge in [-0.25, -0.2) is 0 Å². The summed E-state index contributed by atoms with van der Waals surface area (Å²) in [5.74, 6) is -0.448. The quantitative estimate of drug-likeness (QED) is 0.422. The van der Waals surface area contributed by atoms with Gasteiger partial charge in [-0.1, -0.05) is 76.6 Å². The van der Waals surface area contributed by atoms with E-state index in [1.165, 1.54) is 10.9 Å². The van der Waals surface area contributed by atoms with E-state index in [2.05, 4.69) is 21.0 Å². The number of halogens is 1. The van der Waals surface area contributed by atoms with Crippen LogP contribution in [0, 0.1) is 0 Å². The summed E-state index contributed by atoms with van der Waals surface area (Å²) in [7, 11) is 0. The van der Waals surface area contributed by atoms with E-state index in [-0.39, 0.29) is 12.0 Å². The Kier molecular flexibility index (Phi) is 5.53. The highest BCUT2D eigenvalue weighted by molar-refractivity contribution is 9.10. The molecule has 0 amide bonds. The van der Waals surface area contributed by atoms with Crippen LogP contribution in [-0.2, 0) is 16.1 Å². The third-order valence-electron chi connectivity index (χ3n) is 4.58. The van der Waals surface area contributed by atoms with E-state index in [4.69, 9.17) is 4.74 Å². The smallest absolute Gasteiger partial charge is 0.328 e. The van der Waals surface area contributed by atoms with Crippen molar-refractivity contribution in [2.45, 2.75) is 12.6 Å². The third-order valence-corrected chi connectivity index (χ3v) is 5.30. The minimum atomic E-state index is -0.565. The second-order valence-electron chi connectivity index (χ2n) is 6.49. The first-order chi connectivity index (χ1) is 14.1. The van der Waals surface area contributed by atoms with Crippen LogP contribution in [0.15, 0.2) is 94.3 Å². The average molecular weight is 449 g/mol. The minimum Gasteiger partial charge on any atom is -0.451 e. The highest BCUT2D eigenvalue weighted by atomic mass is 79.9. The maximum absolute atomic E-state index is 12.8. The van der Waals surface area contributed by atoms with Crippen LogP contribution in [0.5, 0.6) is 0 Å². The molecule has 1 atom stereocenters. The minimum absolute atomic E-state index is 0.103. The van der Waals surface area contributed by atoms with E-state index >= 15 is 0 Å². The number of benzene rings is 3. The zero-order chi connectivity index (χ0) is 20.2. The fourth-order valence-corrected chi connectivity index (χ4v) is 3.70. The van der Waals surface area contributed by atoms with Crippen LogP contribution in [0.2, 0.25) is 0 Å². The van der Waals surface area contributed by atoms with Crippen LogP contribution in [0.1, 0.15) is 17.2 Å². The van der Waals surface area contributed by atoms with Gasteiger partial charge in [-0.2, -0.15) is 5.10 Å². The maximum Gasteiger partial charge on any atom is 0.328 e. The summed E-state index contributed by atoms with van der Waals surface area (Å²) >= 11 is 3.55. The van der Waals surface area contributed by atoms with Crippen molar-refractivity contribution in [2.24, 2.45) is 0 Å². The van der Waals surface area contributed by atoms with Crippen LogP contribution in [0.3, 0.4) is 0 Å². The van der Waals surface area contributed by atoms with Crippen molar-refractivity contribution in [1.29, 1.82) is 0 Å². The van der Waals surface area contributed by atoms with Crippen molar-refractivity contribution < 1.29 is 9.53 Å². The number of esters is 1. The Labute approximate surface area is 175 Å². The SMILES string of the molecule is O=C(Cn1ncc(=O)c2ccccc21)OC(c1ccccc1)c1ccccc1Br. The number of hydrogen-bond donors (Lipinski definition) is 0. The fourth-order valence-electron chi connectivity index (χ4n) is 3.20. The lowest BCUT2D eigenvalue weighted by molar-refractivity contribution is -0.148. The Morgan fingerprint density at radius 1 is 0.966 bits per heavy atom. The number of para-hydroxylation sites is 1. The van der Waals surface area contributed by atoms with Gasteiger partial charge in [0.05, 0.1) is 11.7 Å². The molecule has 1 aromatic heterocycles. The molecular formula is C23H17BrN2O3. The fraction of sp³-hybridized carbons (Fsp3) is 0.0870. The summed E-state index contributed by atoms with van der Waals surface area (Å²) in [6.07, 6.45) is 0.655. The van der Waals surface area contributed by atoms with Gasteiger partial charge in [-0.3, -0.25) is 14.3 Å². The highest BCUT2D eigenvalue weighted by Gasteiger charge is 2.21. The van der Waals surface area contributed by atoms with Crippen molar-refractivity contribution in [1.82, 2.24) is 9.78 Å². The summed E-state index contributed by atoms with van der Waals surface area (Å²) in [6, 6.07) is 24.3. The van der Waals surface area contributed by atoms with Gasteiger partial charge in [0, 0.05) is 15.4 Å². The molecule has 0 saturated carbocycles. The Morgan fingerprint density at radius 3 is 2.45 bits per heavy atom. The zero-order valence-electron chi connectivity index (χ0n) is 15.4. The normalized spacial score (nSPS) is 11.9. The molecule has 0 aliphatic heterocycles. The lowest BCUT2D eigenvalue weighted by Crippen LogP contribution is -2.21. The van der Waals surface area contributed by atoms with Gasteiger partial charge in [0.25, 0.3) is 0 Å². The molecule has 0 bridgehead atoms. The molecule has 0 aliphatic rings. The molecule has 0 saturated heterocycles. The third kappa shape index (κ3) is 4.12. The number of ether oxygens (including phenoxy) is 1. The lowest BCUT2D eigenvalue weighted by Gasteiger charge is -2.20. The summed E-state index contributed by atoms with van der Waals surface area (Å²) < 4.78 is 8.22. The van der Waals surface area contributed by atoms with E-state index in [0.29, 0.717) is 10.9 Å². The molecule has 0 aliphatic carbocycles. The zero-order valence-corrected chi connectivity index (χ0v) is 17.0. The van der Waals surface area contributed by atoms with Crippen LogP contribution in [0.25, 0.3) is 10.9 Å². The monoisotopic (exact) mass is 448 g/mol. The Hall–Kier alpha value is -3.25. The Morgan fingerprint density at radius 2 is 1.66 bits per heavy atom. The first-order valence-electron chi connectivity index (χ1n) is 9.07. The molecule has 0 radical (unpaired) electrons. The van der Waals surface area contributed by atoms with Gasteiger partial charge in [0.15, 0.2) is 6.10 Å². The number of aromatic nitrogens is 2. The Bertz CT molecular complexity index is 1220. The molecule has 4 rings (SSSR count). The highest BCUT2D eigenvalue weighted by Crippen LogP contribution is 2.31. The van der Waals surface area contributed by atoms with Crippen molar-refractivity contribution in [3.63, 3.8) is 0 Å². The van der Waals surface area contributed by atoms with Crippen LogP contribution in [-0.4, -0.2) is 15.7 Å². The Balaban J connectivity index is 1.65. The van der Waals surface area contributed by atoms with Crippen molar-refractivity contribution in [3.8, 4) is 0 Å². The molecule has 0 N–H and O–H groups in total. The van der Waals surface area contributed by atoms with Crippen molar-refractivity contribution in [2.75, 3.05) is 0 Å². The van der Waals surface area contributed by atoms with Gasteiger partial charge in [-0.15, -0.1) is 0 Å². The average Bonchev–Trinajstić information content (AvgIpc) is 2.75. The number of carbonyl (C=O) groups is 1. The van der Waals surface area contributed by atoms with Gasteiger partial charge in [0.2, 0.25) is 5.43 Å². The number of fused-ring (bicyclic) bond motifs is 1. The maximum atomic E-state index is 12.8. The molecular weight excluding hydrogens is 432 g/mol. The summed E-state index contributed by atoms with van der Waals surface area (Å²) in [5, 5.41) is 4.63. The van der Waals surface area contributed by atoms with E-state index in [1.807, 2.05) is 54.6 Å². The molecule has 6 heteroatoms. The van der Waals surface area contributed by atoms with Gasteiger partial charge in [0.1, 0.15) is 6.54 Å². The van der Waals surface area contributed by atoms with E-state index in [9.17, 15) is 9.59 Å². The summed E-state index contributed by atoms with van der Waals surface area (Å²) in [6.45, 7) is -0.103. The molecule has 1 unspecified atom stereocenters. The number of rotatable bonds is 5. The predicted molar refractivity (Wildman–Crippen MR) is 115 cm³/mol. The second-order valence-corrected chi connectivity index (χ2v) is 7.34. The predicted octanol–water partition coefficient (Wildman–Crippen LogP) is 4.49. The molecule has 144 valence electrons. The standard InChI is InChI=1S/C23H17BrN2O3/c24-19-12-6-4-10-17(19)23(16-8-2-1-3-9-16)29-22(28)15-26-20-13-7-5-11-18(20)21(27)14-25-26/h1-14,23H,15H2. The molecule has 0 fully saturated rings. The van der Waals surface area contributed by atoms with E-state index in [1.54, 1.807) is 24.3 Å². The number of carbonyl (C=O) groups excluding carboxylic acids is 1. The molecule has 29 heavy (non-hydrogen) atoms. The van der Waals surface area contributed by atoms with Crippen molar-refractivity contribution >= 4 is 32.8 Å². The van der Waals surface area contributed by atoms with Gasteiger partial charge >= 0.3 is 5.97 Å². The van der Waals surface area contributed by atoms with E-state index in [0.717, 1.165) is 15.6 Å². The van der Waals surface area contributed by atoms with E-state index < -0.39 is 12.1 Å². The first-order valence-corrected chi connectivity index (χ1v) is 9.86. The van der Waals surface area contributed by atoms with Gasteiger partial charge in [-0.05, 0) is 23.8 Å². The number of nitrogens with zero attached hydrogens (tertiary/aromatic N) is 2. The molecule has 3 aromatic carbocycles. The summed E-state index contributed by atoms with van der Waals surface area (Å²) in [4.78, 5) is 24.8. The topological polar surface area (TPSA) is 61.2 Å². The molecule has 5 nitrogen and oxygen atoms in total. The largest absolute Gasteiger partial charge is 0.451 e. The first kappa shape index (κ1) is 19.1. The molecule has 1 heterocycles. The van der Waals surface area contributed by atoms with Crippen molar-refractivity contribution in [3.05, 3.63) is 111 Å². The summed E-state index contributed by atoms with van der Waals surface area (Å²) in [5.41, 5.74) is 2.13. The number of hydrogen-bond acceptors (Lipinski definition) is 4. The molecule has 4 aromatic rings. The lowest BCUT2D eigenvalue weighted by atomic mass is 10.0. The second kappa shape index (κ2) is 8.41. The van der Waals surface area contributed by atoms with Gasteiger partial charge < -0.3 is 4.74 Å². The molecule has 0 spiro atoms. The van der Waals surface area contributed by atoms with Crippen LogP contribution >= 0.6 is 15.9 Å². The van der Waals surface area contributed by atoms with Crippen LogP contribution in [0.4, 0.5) is 0 Å². The van der Waals surface area contributed by atoms with Crippen LogP contribution < -0.4 is 5.43 Å².